The normalized spacial score (nSPS) is 53.7. The van der Waals surface area contributed by atoms with Crippen molar-refractivity contribution in [2.24, 2.45) is 28.1 Å². The molecule has 0 aromatic heterocycles. The second kappa shape index (κ2) is 16.1. The average molecular weight is 821 g/mol. The minimum absolute atomic E-state index is 0.00440. The lowest BCUT2D eigenvalue weighted by molar-refractivity contribution is -0.378. The van der Waals surface area contributed by atoms with Gasteiger partial charge >= 0.3 is 5.97 Å². The van der Waals surface area contributed by atoms with Crippen molar-refractivity contribution in [3.05, 3.63) is 11.6 Å². The first-order chi connectivity index (χ1) is 26.9. The molecular formula is C38H60O19. The molecule has 57 heavy (non-hydrogen) atoms. The summed E-state index contributed by atoms with van der Waals surface area (Å²) in [4.78, 5) is 14.1. The molecule has 0 aromatic rings. The zero-order valence-electron chi connectivity index (χ0n) is 32.1. The summed E-state index contributed by atoms with van der Waals surface area (Å²) in [5.74, 6) is -0.814. The van der Waals surface area contributed by atoms with Crippen LogP contribution in [0.25, 0.3) is 0 Å². The van der Waals surface area contributed by atoms with Gasteiger partial charge in [0.15, 0.2) is 12.6 Å². The summed E-state index contributed by atoms with van der Waals surface area (Å²) >= 11 is 0. The van der Waals surface area contributed by atoms with Crippen LogP contribution in [0.5, 0.6) is 0 Å². The highest BCUT2D eigenvalue weighted by molar-refractivity contribution is 5.77. The highest BCUT2D eigenvalue weighted by Crippen LogP contribution is 2.72. The van der Waals surface area contributed by atoms with Gasteiger partial charge in [0.1, 0.15) is 73.2 Å². The maximum absolute atomic E-state index is 14.1. The van der Waals surface area contributed by atoms with Crippen LogP contribution < -0.4 is 0 Å². The molecule has 6 fully saturated rings. The number of allylic oxidation sites excluding steroid dienone is 1. The zero-order valence-corrected chi connectivity index (χ0v) is 32.1. The van der Waals surface area contributed by atoms with Gasteiger partial charge in [-0.3, -0.25) is 4.79 Å². The van der Waals surface area contributed by atoms with Crippen molar-refractivity contribution >= 4 is 5.97 Å². The van der Waals surface area contributed by atoms with Crippen LogP contribution >= 0.6 is 0 Å². The van der Waals surface area contributed by atoms with Crippen LogP contribution in [-0.2, 0) is 33.2 Å². The summed E-state index contributed by atoms with van der Waals surface area (Å²) in [5.41, 5.74) is -2.58. The number of aliphatic hydroxyl groups excluding tert-OH is 12. The molecule has 3 heterocycles. The minimum atomic E-state index is -1.84. The van der Waals surface area contributed by atoms with Crippen molar-refractivity contribution in [2.45, 2.75) is 163 Å². The number of carbonyl (C=O) groups is 1. The summed E-state index contributed by atoms with van der Waals surface area (Å²) in [7, 11) is 0. The average Bonchev–Trinajstić information content (AvgIpc) is 3.42. The maximum Gasteiger partial charge on any atom is 0.314 e. The maximum atomic E-state index is 14.1. The quantitative estimate of drug-likeness (QED) is 0.0568. The summed E-state index contributed by atoms with van der Waals surface area (Å²) in [6.45, 7) is 1.50. The van der Waals surface area contributed by atoms with Crippen LogP contribution in [-0.4, -0.2) is 191 Å². The molecule has 3 aliphatic heterocycles. The van der Waals surface area contributed by atoms with E-state index in [0.717, 1.165) is 6.42 Å². The Kier molecular flexibility index (Phi) is 12.3. The van der Waals surface area contributed by atoms with E-state index in [1.165, 1.54) is 0 Å². The molecule has 0 aromatic carbocycles. The largest absolute Gasteiger partial charge is 0.432 e. The molecule has 0 radical (unpaired) electrons. The number of ether oxygens (including phenoxy) is 6. The smallest absolute Gasteiger partial charge is 0.314 e. The fraction of sp³-hybridized carbons (Fsp3) is 0.921. The van der Waals surface area contributed by atoms with Gasteiger partial charge in [0.05, 0.1) is 37.4 Å². The number of carbonyl (C=O) groups excluding carboxylic acids is 1. The van der Waals surface area contributed by atoms with E-state index in [1.807, 2.05) is 6.92 Å². The van der Waals surface area contributed by atoms with Crippen LogP contribution in [0, 0.1) is 28.1 Å². The van der Waals surface area contributed by atoms with E-state index in [0.29, 0.717) is 50.5 Å². The molecule has 12 N–H and O–H groups in total. The van der Waals surface area contributed by atoms with Crippen molar-refractivity contribution in [3.63, 3.8) is 0 Å². The molecule has 19 nitrogen and oxygen atoms in total. The lowest BCUT2D eigenvalue weighted by atomic mass is 9.40. The van der Waals surface area contributed by atoms with E-state index in [1.54, 1.807) is 0 Å². The predicted octanol–water partition coefficient (Wildman–Crippen LogP) is -3.97. The van der Waals surface area contributed by atoms with Gasteiger partial charge in [-0.2, -0.15) is 0 Å². The molecular weight excluding hydrogens is 760 g/mol. The molecule has 21 atom stereocenters. The van der Waals surface area contributed by atoms with Crippen LogP contribution in [0.2, 0.25) is 0 Å². The summed E-state index contributed by atoms with van der Waals surface area (Å²) in [5, 5.41) is 125. The van der Waals surface area contributed by atoms with E-state index in [9.17, 15) is 66.1 Å². The van der Waals surface area contributed by atoms with Crippen molar-refractivity contribution in [1.29, 1.82) is 0 Å². The molecule has 7 aliphatic rings. The lowest BCUT2D eigenvalue weighted by Crippen LogP contribution is -2.66. The number of hydrogen-bond acceptors (Lipinski definition) is 19. The van der Waals surface area contributed by atoms with E-state index in [2.05, 4.69) is 13.0 Å². The highest BCUT2D eigenvalue weighted by atomic mass is 16.8. The van der Waals surface area contributed by atoms with Crippen LogP contribution in [0.1, 0.15) is 65.2 Å². The topological polar surface area (TPSA) is 315 Å². The Morgan fingerprint density at radius 2 is 1.21 bits per heavy atom. The van der Waals surface area contributed by atoms with Crippen LogP contribution in [0.3, 0.4) is 0 Å². The fourth-order valence-electron chi connectivity index (χ4n) is 11.9. The first kappa shape index (κ1) is 43.6. The molecule has 19 heteroatoms. The zero-order chi connectivity index (χ0) is 41.4. The van der Waals surface area contributed by atoms with Crippen LogP contribution in [0.15, 0.2) is 11.6 Å². The SMILES string of the molecule is C[C@]12CCC[C@@](C)(C(=O)O[C@@H]3O[C@H](CO)[C@@H](O)[C@H](O)[C@H]3O)[C@@H]1CC[C@@]13C=C(CO)[C@@](O[C@@H]4O[C@H](CO)[C@@H](O)[C@H](O)[C@H]4O[C@@H]4O[C@H](CO)[C@@H](O)[C@H](O)[C@H]4O)(CC[C@@H]12)C3. The Balaban J connectivity index is 1.12. The molecule has 4 aliphatic carbocycles. The van der Waals surface area contributed by atoms with E-state index in [-0.39, 0.29) is 11.8 Å². The first-order valence-electron chi connectivity index (χ1n) is 20.0. The Labute approximate surface area is 329 Å². The molecule has 3 saturated heterocycles. The standard InChI is InChI=1S/C38H60O19/c1-35-6-3-7-36(2,34(51)56-32-29(50)26(47)23(44)18(13-41)53-32)20(35)4-8-37-10-16(11-39)38(15-37,9-5-21(35)37)57-33-30(27(48)24(45)19(14-42)54-33)55-31-28(49)25(46)22(43)17(12-40)52-31/h10,17-33,39-50H,3-9,11-15H2,1-2H3/t17-,18-,19-,20-,21-,22-,23-,24-,25+,26+,27+,28-,29-,30-,31+,32+,33+,35+,36-,37+,38-/m1/s1. The predicted molar refractivity (Wildman–Crippen MR) is 188 cm³/mol. The second-order valence-corrected chi connectivity index (χ2v) is 17.9. The Morgan fingerprint density at radius 1 is 0.667 bits per heavy atom. The number of fused-ring (bicyclic) bond motifs is 3. The van der Waals surface area contributed by atoms with Gasteiger partial charge in [-0.25, -0.2) is 0 Å². The lowest BCUT2D eigenvalue weighted by Gasteiger charge is -2.64. The second-order valence-electron chi connectivity index (χ2n) is 17.9. The van der Waals surface area contributed by atoms with Gasteiger partial charge in [-0.1, -0.05) is 19.4 Å². The number of esters is 1. The van der Waals surface area contributed by atoms with E-state index >= 15 is 0 Å². The van der Waals surface area contributed by atoms with E-state index in [4.69, 9.17) is 28.4 Å². The fourth-order valence-corrected chi connectivity index (χ4v) is 11.9. The van der Waals surface area contributed by atoms with Crippen molar-refractivity contribution < 1.29 is 94.5 Å². The van der Waals surface area contributed by atoms with Gasteiger partial charge in [0.25, 0.3) is 0 Å². The van der Waals surface area contributed by atoms with Gasteiger partial charge in [-0.05, 0) is 80.1 Å². The van der Waals surface area contributed by atoms with Gasteiger partial charge in [0, 0.05) is 0 Å². The van der Waals surface area contributed by atoms with E-state index < -0.39 is 146 Å². The molecule has 1 spiro atoms. The molecule has 0 unspecified atom stereocenters. The Morgan fingerprint density at radius 3 is 1.81 bits per heavy atom. The third-order valence-corrected chi connectivity index (χ3v) is 14.9. The monoisotopic (exact) mass is 820 g/mol. The van der Waals surface area contributed by atoms with Gasteiger partial charge < -0.3 is 89.7 Å². The minimum Gasteiger partial charge on any atom is -0.432 e. The van der Waals surface area contributed by atoms with Crippen molar-refractivity contribution in [1.82, 2.24) is 0 Å². The molecule has 7 rings (SSSR count). The Hall–Kier alpha value is -1.47. The van der Waals surface area contributed by atoms with Crippen LogP contribution in [0.4, 0.5) is 0 Å². The number of aliphatic hydroxyl groups is 12. The summed E-state index contributed by atoms with van der Waals surface area (Å²) < 4.78 is 35.5. The molecule has 326 valence electrons. The number of rotatable bonds is 10. The number of hydrogen-bond donors (Lipinski definition) is 12. The van der Waals surface area contributed by atoms with Gasteiger partial charge in [0.2, 0.25) is 6.29 Å². The summed E-state index contributed by atoms with van der Waals surface area (Å²) in [6.07, 6.45) is -17.7. The van der Waals surface area contributed by atoms with Gasteiger partial charge in [-0.15, -0.1) is 0 Å². The highest BCUT2D eigenvalue weighted by Gasteiger charge is 2.68. The summed E-state index contributed by atoms with van der Waals surface area (Å²) in [6, 6.07) is 0. The molecule has 2 bridgehead atoms. The third-order valence-electron chi connectivity index (χ3n) is 14.9. The van der Waals surface area contributed by atoms with Crippen molar-refractivity contribution in [2.75, 3.05) is 26.4 Å². The molecule has 3 saturated carbocycles. The molecule has 0 amide bonds. The Bertz CT molecular complexity index is 1480. The third kappa shape index (κ3) is 7.01. The van der Waals surface area contributed by atoms with Crippen molar-refractivity contribution in [3.8, 4) is 0 Å². The first-order valence-corrected chi connectivity index (χ1v) is 20.0.